The third kappa shape index (κ3) is 7.66. The third-order valence-corrected chi connectivity index (χ3v) is 4.75. The molecule has 1 saturated carbocycles. The number of hydrogen-bond acceptors (Lipinski definition) is 6. The first-order valence-electron chi connectivity index (χ1n) is 10.1. The summed E-state index contributed by atoms with van der Waals surface area (Å²) in [4.78, 5) is 42.3. The predicted molar refractivity (Wildman–Crippen MR) is 106 cm³/mol. The van der Waals surface area contributed by atoms with E-state index in [2.05, 4.69) is 4.98 Å². The van der Waals surface area contributed by atoms with Gasteiger partial charge < -0.3 is 15.4 Å². The van der Waals surface area contributed by atoms with Crippen LogP contribution < -0.4 is 5.73 Å². The van der Waals surface area contributed by atoms with E-state index in [1.807, 2.05) is 19.1 Å². The van der Waals surface area contributed by atoms with Crippen LogP contribution in [0.1, 0.15) is 57.9 Å². The number of ketones is 1. The summed E-state index contributed by atoms with van der Waals surface area (Å²) in [6.45, 7) is 4.10. The zero-order chi connectivity index (χ0) is 20.5. The van der Waals surface area contributed by atoms with Gasteiger partial charge in [-0.05, 0) is 56.2 Å². The molecule has 1 amide bonds. The van der Waals surface area contributed by atoms with Gasteiger partial charge in [0, 0.05) is 31.5 Å². The highest BCUT2D eigenvalue weighted by molar-refractivity contribution is 5.87. The highest BCUT2D eigenvalue weighted by Gasteiger charge is 2.33. The Morgan fingerprint density at radius 1 is 1.32 bits per heavy atom. The quantitative estimate of drug-likeness (QED) is 0.551. The van der Waals surface area contributed by atoms with E-state index in [1.54, 1.807) is 18.0 Å². The van der Waals surface area contributed by atoms with Crippen LogP contribution >= 0.6 is 0 Å². The molecule has 1 heterocycles. The number of pyridine rings is 1. The summed E-state index contributed by atoms with van der Waals surface area (Å²) in [6, 6.07) is 3.90. The molecule has 0 radical (unpaired) electrons. The number of esters is 1. The Hall–Kier alpha value is -2.44. The van der Waals surface area contributed by atoms with Crippen molar-refractivity contribution in [2.24, 2.45) is 5.92 Å². The van der Waals surface area contributed by atoms with E-state index in [0.29, 0.717) is 25.3 Å². The molecule has 0 aromatic carbocycles. The maximum Gasteiger partial charge on any atom is 0.306 e. The molecule has 0 unspecified atom stereocenters. The van der Waals surface area contributed by atoms with Crippen LogP contribution in [0.4, 0.5) is 5.82 Å². The van der Waals surface area contributed by atoms with Crippen molar-refractivity contribution in [2.45, 2.75) is 64.8 Å². The van der Waals surface area contributed by atoms with Gasteiger partial charge in [0.05, 0.1) is 13.2 Å². The average molecular weight is 389 g/mol. The molecule has 2 rings (SSSR count). The third-order valence-electron chi connectivity index (χ3n) is 4.75. The Labute approximate surface area is 166 Å². The first-order valence-corrected chi connectivity index (χ1v) is 10.1. The van der Waals surface area contributed by atoms with Crippen molar-refractivity contribution in [3.05, 3.63) is 23.9 Å². The molecular formula is C21H31N3O4. The number of aromatic nitrogens is 1. The van der Waals surface area contributed by atoms with Crippen molar-refractivity contribution >= 4 is 23.5 Å². The largest absolute Gasteiger partial charge is 0.466 e. The summed E-state index contributed by atoms with van der Waals surface area (Å²) in [5.74, 6) is 0.135. The van der Waals surface area contributed by atoms with Crippen molar-refractivity contribution in [3.63, 3.8) is 0 Å². The Kier molecular flexibility index (Phi) is 8.42. The minimum atomic E-state index is -0.283. The average Bonchev–Trinajstić information content (AvgIpc) is 3.44. The van der Waals surface area contributed by atoms with Gasteiger partial charge in [0.2, 0.25) is 5.91 Å². The molecule has 1 atom stereocenters. The van der Waals surface area contributed by atoms with Crippen LogP contribution in [0.3, 0.4) is 0 Å². The molecule has 28 heavy (non-hydrogen) atoms. The zero-order valence-corrected chi connectivity index (χ0v) is 16.9. The highest BCUT2D eigenvalue weighted by Crippen LogP contribution is 2.28. The van der Waals surface area contributed by atoms with Crippen LogP contribution in [-0.2, 0) is 25.5 Å². The first kappa shape index (κ1) is 21.9. The van der Waals surface area contributed by atoms with Crippen molar-refractivity contribution in [2.75, 3.05) is 18.9 Å². The van der Waals surface area contributed by atoms with Gasteiger partial charge in [-0.1, -0.05) is 6.92 Å². The number of aryl methyl sites for hydroxylation is 1. The number of amides is 1. The number of carbonyl (C=O) groups is 3. The summed E-state index contributed by atoms with van der Waals surface area (Å²) in [6.07, 6.45) is 5.96. The number of carbonyl (C=O) groups excluding carboxylic acids is 3. The second-order valence-electron chi connectivity index (χ2n) is 7.55. The van der Waals surface area contributed by atoms with E-state index >= 15 is 0 Å². The van der Waals surface area contributed by atoms with Gasteiger partial charge in [0.1, 0.15) is 5.82 Å². The molecule has 0 spiro atoms. The molecule has 1 aliphatic rings. The van der Waals surface area contributed by atoms with E-state index in [-0.39, 0.29) is 49.0 Å². The van der Waals surface area contributed by atoms with E-state index in [1.165, 1.54) is 0 Å². The Balaban J connectivity index is 1.77. The van der Waals surface area contributed by atoms with Gasteiger partial charge in [-0.25, -0.2) is 4.98 Å². The smallest absolute Gasteiger partial charge is 0.306 e. The van der Waals surface area contributed by atoms with Gasteiger partial charge >= 0.3 is 5.97 Å². The number of rotatable bonds is 12. The monoisotopic (exact) mass is 389 g/mol. The summed E-state index contributed by atoms with van der Waals surface area (Å²) < 4.78 is 4.92. The number of nitrogen functional groups attached to an aromatic ring is 1. The lowest BCUT2D eigenvalue weighted by Gasteiger charge is -2.22. The molecule has 7 nitrogen and oxygen atoms in total. The molecule has 0 bridgehead atoms. The number of hydrogen-bond donors (Lipinski definition) is 1. The molecule has 0 saturated heterocycles. The maximum atomic E-state index is 12.6. The molecule has 154 valence electrons. The minimum Gasteiger partial charge on any atom is -0.466 e. The lowest BCUT2D eigenvalue weighted by molar-refractivity contribution is -0.144. The lowest BCUT2D eigenvalue weighted by atomic mass is 10.0. The fourth-order valence-corrected chi connectivity index (χ4v) is 3.26. The zero-order valence-electron chi connectivity index (χ0n) is 16.9. The summed E-state index contributed by atoms with van der Waals surface area (Å²) in [5.41, 5.74) is 6.73. The van der Waals surface area contributed by atoms with Gasteiger partial charge in [0.15, 0.2) is 5.78 Å². The molecule has 0 aliphatic heterocycles. The number of nitrogens with zero attached hydrogens (tertiary/aromatic N) is 2. The number of Topliss-reactive ketones (excluding diaryl/α,β-unsaturated/α-hetero) is 1. The topological polar surface area (TPSA) is 103 Å². The molecular weight excluding hydrogens is 358 g/mol. The molecule has 2 N–H and O–H groups in total. The van der Waals surface area contributed by atoms with E-state index < -0.39 is 0 Å². The normalized spacial score (nSPS) is 14.4. The standard InChI is InChI=1S/C21H31N3O4/c1-3-28-21(27)12-15(2)11-18(25)14-24(17-7-8-17)20(26)6-4-5-16-9-10-23-19(22)13-16/h9-10,13,15,17H,3-8,11-12,14H2,1-2H3,(H2,22,23)/t15-/m0/s1. The van der Waals surface area contributed by atoms with Gasteiger partial charge in [-0.15, -0.1) is 0 Å². The Morgan fingerprint density at radius 3 is 2.71 bits per heavy atom. The lowest BCUT2D eigenvalue weighted by Crippen LogP contribution is -2.37. The fourth-order valence-electron chi connectivity index (χ4n) is 3.26. The van der Waals surface area contributed by atoms with Crippen LogP contribution in [0.25, 0.3) is 0 Å². The number of nitrogens with two attached hydrogens (primary N) is 1. The summed E-state index contributed by atoms with van der Waals surface area (Å²) in [5, 5.41) is 0. The van der Waals surface area contributed by atoms with Crippen LogP contribution in [0.5, 0.6) is 0 Å². The molecule has 1 aromatic heterocycles. The summed E-state index contributed by atoms with van der Waals surface area (Å²) >= 11 is 0. The van der Waals surface area contributed by atoms with Crippen LogP contribution in [0.2, 0.25) is 0 Å². The predicted octanol–water partition coefficient (Wildman–Crippen LogP) is 2.53. The molecule has 1 aromatic rings. The van der Waals surface area contributed by atoms with Gasteiger partial charge in [-0.2, -0.15) is 0 Å². The van der Waals surface area contributed by atoms with E-state index in [9.17, 15) is 14.4 Å². The van der Waals surface area contributed by atoms with Crippen LogP contribution in [-0.4, -0.2) is 46.7 Å². The first-order chi connectivity index (χ1) is 13.4. The van der Waals surface area contributed by atoms with Crippen molar-refractivity contribution in [1.82, 2.24) is 9.88 Å². The Morgan fingerprint density at radius 2 is 2.07 bits per heavy atom. The molecule has 1 aliphatic carbocycles. The number of ether oxygens (including phenoxy) is 1. The fraction of sp³-hybridized carbons (Fsp3) is 0.619. The van der Waals surface area contributed by atoms with Gasteiger partial charge in [-0.3, -0.25) is 14.4 Å². The van der Waals surface area contributed by atoms with Crippen LogP contribution in [0.15, 0.2) is 18.3 Å². The number of anilines is 1. The molecule has 7 heteroatoms. The highest BCUT2D eigenvalue weighted by atomic mass is 16.5. The van der Waals surface area contributed by atoms with Gasteiger partial charge in [0.25, 0.3) is 0 Å². The van der Waals surface area contributed by atoms with E-state index in [4.69, 9.17) is 10.5 Å². The van der Waals surface area contributed by atoms with Crippen molar-refractivity contribution in [3.8, 4) is 0 Å². The minimum absolute atomic E-state index is 0.000967. The van der Waals surface area contributed by atoms with Crippen molar-refractivity contribution < 1.29 is 19.1 Å². The SMILES string of the molecule is CCOC(=O)C[C@@H](C)CC(=O)CN(C(=O)CCCc1ccnc(N)c1)C1CC1. The molecule has 1 fully saturated rings. The van der Waals surface area contributed by atoms with E-state index in [0.717, 1.165) is 24.8 Å². The summed E-state index contributed by atoms with van der Waals surface area (Å²) in [7, 11) is 0. The van der Waals surface area contributed by atoms with Crippen LogP contribution in [0, 0.1) is 5.92 Å². The maximum absolute atomic E-state index is 12.6. The Bertz CT molecular complexity index is 688. The van der Waals surface area contributed by atoms with Crippen molar-refractivity contribution in [1.29, 1.82) is 0 Å². The second kappa shape index (κ2) is 10.8. The second-order valence-corrected chi connectivity index (χ2v) is 7.55.